The molecular weight excluding hydrogens is 452 g/mol. The molecule has 0 aliphatic carbocycles. The van der Waals surface area contributed by atoms with Crippen molar-refractivity contribution in [2.45, 2.75) is 66.5 Å². The van der Waals surface area contributed by atoms with E-state index >= 15 is 0 Å². The molecule has 2 aromatic rings. The van der Waals surface area contributed by atoms with E-state index in [0.717, 1.165) is 60.1 Å². The van der Waals surface area contributed by atoms with Crippen LogP contribution < -0.4 is 5.32 Å². The summed E-state index contributed by atoms with van der Waals surface area (Å²) in [6.45, 7) is 9.96. The summed E-state index contributed by atoms with van der Waals surface area (Å²) in [5.41, 5.74) is 4.30. The molecule has 0 amide bonds. The van der Waals surface area contributed by atoms with Crippen LogP contribution in [0.2, 0.25) is 0 Å². The Morgan fingerprint density at radius 2 is 1.66 bits per heavy atom. The number of hydrogen-bond donors (Lipinski definition) is 1. The predicted octanol–water partition coefficient (Wildman–Crippen LogP) is 9.36. The topological polar surface area (TPSA) is 24.4 Å². The van der Waals surface area contributed by atoms with Crippen molar-refractivity contribution in [1.82, 2.24) is 0 Å². The Morgan fingerprint density at radius 1 is 0.971 bits per heavy atom. The van der Waals surface area contributed by atoms with Crippen molar-refractivity contribution < 1.29 is 17.6 Å². The van der Waals surface area contributed by atoms with Crippen LogP contribution in [0.3, 0.4) is 0 Å². The molecule has 0 saturated carbocycles. The number of amidine groups is 1. The normalized spacial score (nSPS) is 13.9. The Kier molecular flexibility index (Phi) is 10.5. The summed E-state index contributed by atoms with van der Waals surface area (Å²) in [7, 11) is 0. The number of rotatable bonds is 9. The van der Waals surface area contributed by atoms with Gasteiger partial charge in [0.25, 0.3) is 0 Å². The van der Waals surface area contributed by atoms with Crippen LogP contribution in [0.15, 0.2) is 77.0 Å². The molecule has 0 aromatic heterocycles. The third-order valence-electron chi connectivity index (χ3n) is 5.47. The van der Waals surface area contributed by atoms with Crippen LogP contribution in [-0.4, -0.2) is 5.84 Å². The number of benzene rings is 2. The lowest BCUT2D eigenvalue weighted by Gasteiger charge is -2.15. The SMILES string of the molecule is CC\C=C(C(=C/N=C(C)Nc1cc(F)cc(C(F)(F)F)c1)/C(C)=C/CCC)\c1ccc(CC)cc1. The minimum absolute atomic E-state index is 0.00810. The zero-order valence-electron chi connectivity index (χ0n) is 21.1. The Balaban J connectivity index is 2.48. The second kappa shape index (κ2) is 13.1. The second-order valence-corrected chi connectivity index (χ2v) is 8.36. The number of hydrogen-bond acceptors (Lipinski definition) is 1. The Bertz CT molecular complexity index is 1100. The zero-order chi connectivity index (χ0) is 26.0. The van der Waals surface area contributed by atoms with Crippen LogP contribution in [0.1, 0.15) is 70.6 Å². The van der Waals surface area contributed by atoms with Gasteiger partial charge in [0.2, 0.25) is 0 Å². The molecule has 188 valence electrons. The van der Waals surface area contributed by atoms with E-state index in [1.807, 2.05) is 6.92 Å². The monoisotopic (exact) mass is 486 g/mol. The van der Waals surface area contributed by atoms with Gasteiger partial charge in [0.1, 0.15) is 11.7 Å². The van der Waals surface area contributed by atoms with Crippen LogP contribution in [0.4, 0.5) is 23.2 Å². The molecule has 0 fully saturated rings. The lowest BCUT2D eigenvalue weighted by atomic mass is 9.91. The molecule has 6 heteroatoms. The van der Waals surface area contributed by atoms with E-state index in [4.69, 9.17) is 0 Å². The summed E-state index contributed by atoms with van der Waals surface area (Å²) in [6.07, 6.45) is 5.11. The maximum Gasteiger partial charge on any atom is 0.416 e. The largest absolute Gasteiger partial charge is 0.416 e. The van der Waals surface area contributed by atoms with E-state index < -0.39 is 17.6 Å². The van der Waals surface area contributed by atoms with Gasteiger partial charge in [-0.3, -0.25) is 0 Å². The maximum absolute atomic E-state index is 13.8. The number of nitrogens with zero attached hydrogens (tertiary/aromatic N) is 1. The van der Waals surface area contributed by atoms with Gasteiger partial charge in [0.15, 0.2) is 0 Å². The highest BCUT2D eigenvalue weighted by atomic mass is 19.4. The zero-order valence-corrected chi connectivity index (χ0v) is 21.1. The van der Waals surface area contributed by atoms with Crippen LogP contribution in [0, 0.1) is 5.82 Å². The van der Waals surface area contributed by atoms with E-state index in [2.05, 4.69) is 67.5 Å². The Labute approximate surface area is 206 Å². The lowest BCUT2D eigenvalue weighted by Crippen LogP contribution is -2.10. The summed E-state index contributed by atoms with van der Waals surface area (Å²) in [5, 5.41) is 2.78. The summed E-state index contributed by atoms with van der Waals surface area (Å²) >= 11 is 0. The van der Waals surface area contributed by atoms with Gasteiger partial charge >= 0.3 is 6.18 Å². The fourth-order valence-corrected chi connectivity index (χ4v) is 3.59. The van der Waals surface area contributed by atoms with E-state index in [-0.39, 0.29) is 5.69 Å². The smallest absolute Gasteiger partial charge is 0.344 e. The van der Waals surface area contributed by atoms with Crippen molar-refractivity contribution in [2.75, 3.05) is 5.32 Å². The van der Waals surface area contributed by atoms with Gasteiger partial charge < -0.3 is 5.32 Å². The molecule has 0 atom stereocenters. The Hall–Kier alpha value is -3.15. The van der Waals surface area contributed by atoms with Crippen molar-refractivity contribution in [1.29, 1.82) is 0 Å². The van der Waals surface area contributed by atoms with Crippen LogP contribution in [-0.2, 0) is 12.6 Å². The highest BCUT2D eigenvalue weighted by Crippen LogP contribution is 2.32. The maximum atomic E-state index is 13.8. The van der Waals surface area contributed by atoms with Gasteiger partial charge in [-0.15, -0.1) is 0 Å². The van der Waals surface area contributed by atoms with Gasteiger partial charge in [-0.1, -0.05) is 63.6 Å². The van der Waals surface area contributed by atoms with Crippen LogP contribution >= 0.6 is 0 Å². The van der Waals surface area contributed by atoms with Crippen molar-refractivity contribution in [3.05, 3.63) is 94.5 Å². The van der Waals surface area contributed by atoms with Gasteiger partial charge in [-0.25, -0.2) is 9.38 Å². The summed E-state index contributed by atoms with van der Waals surface area (Å²) in [4.78, 5) is 4.49. The first-order valence-electron chi connectivity index (χ1n) is 11.9. The summed E-state index contributed by atoms with van der Waals surface area (Å²) < 4.78 is 52.9. The molecule has 0 radical (unpaired) electrons. The fraction of sp³-hybridized carbons (Fsp3) is 0.345. The van der Waals surface area contributed by atoms with Crippen LogP contribution in [0.5, 0.6) is 0 Å². The molecule has 2 nitrogen and oxygen atoms in total. The summed E-state index contributed by atoms with van der Waals surface area (Å²) in [6, 6.07) is 10.8. The second-order valence-electron chi connectivity index (χ2n) is 8.36. The molecular formula is C29H34F4N2. The highest BCUT2D eigenvalue weighted by molar-refractivity contribution is 5.94. The summed E-state index contributed by atoms with van der Waals surface area (Å²) in [5.74, 6) is -0.616. The number of aryl methyl sites for hydroxylation is 1. The number of alkyl halides is 3. The molecule has 2 aromatic carbocycles. The van der Waals surface area contributed by atoms with Gasteiger partial charge in [-0.2, -0.15) is 13.2 Å². The van der Waals surface area contributed by atoms with Gasteiger partial charge in [0, 0.05) is 17.5 Å². The highest BCUT2D eigenvalue weighted by Gasteiger charge is 2.31. The van der Waals surface area contributed by atoms with Gasteiger partial charge in [0.05, 0.1) is 5.56 Å². The average molecular weight is 487 g/mol. The Morgan fingerprint density at radius 3 is 2.23 bits per heavy atom. The van der Waals surface area contributed by atoms with Crippen molar-refractivity contribution >= 4 is 17.1 Å². The molecule has 35 heavy (non-hydrogen) atoms. The van der Waals surface area contributed by atoms with Crippen molar-refractivity contribution in [2.24, 2.45) is 4.99 Å². The van der Waals surface area contributed by atoms with Crippen LogP contribution in [0.25, 0.3) is 5.57 Å². The number of aliphatic imine (C=N–C) groups is 1. The first kappa shape index (κ1) is 28.1. The predicted molar refractivity (Wildman–Crippen MR) is 139 cm³/mol. The minimum atomic E-state index is -4.63. The first-order valence-corrected chi connectivity index (χ1v) is 11.9. The molecule has 0 heterocycles. The lowest BCUT2D eigenvalue weighted by molar-refractivity contribution is -0.137. The molecule has 0 unspecified atom stereocenters. The van der Waals surface area contributed by atoms with E-state index in [1.165, 1.54) is 5.56 Å². The fourth-order valence-electron chi connectivity index (χ4n) is 3.59. The number of nitrogens with one attached hydrogen (secondary N) is 1. The average Bonchev–Trinajstić information content (AvgIpc) is 2.81. The standard InChI is InChI=1S/C29H34F4N2/c1-6-9-11-20(4)28(27(10-7-2)23-14-12-22(8-3)13-15-23)19-34-21(5)35-26-17-24(29(31,32)33)16-25(30)18-26/h10-19H,6-9H2,1-5H3,(H,34,35)/b20-11+,27-10-,28-19+. The number of anilines is 1. The number of halogens is 4. The third kappa shape index (κ3) is 8.53. The van der Waals surface area contributed by atoms with E-state index in [9.17, 15) is 17.6 Å². The van der Waals surface area contributed by atoms with Crippen molar-refractivity contribution in [3.63, 3.8) is 0 Å². The molecule has 0 bridgehead atoms. The minimum Gasteiger partial charge on any atom is -0.344 e. The molecule has 2 rings (SSSR count). The number of allylic oxidation sites excluding steroid dienone is 5. The third-order valence-corrected chi connectivity index (χ3v) is 5.47. The van der Waals surface area contributed by atoms with E-state index in [0.29, 0.717) is 11.9 Å². The molecule has 0 spiro atoms. The first-order chi connectivity index (χ1) is 16.6. The molecule has 0 saturated heterocycles. The quantitative estimate of drug-likeness (QED) is 0.162. The van der Waals surface area contributed by atoms with E-state index in [1.54, 1.807) is 13.1 Å². The molecule has 1 N–H and O–H groups in total. The number of unbranched alkanes of at least 4 members (excludes halogenated alkanes) is 1. The molecule has 0 aliphatic rings. The van der Waals surface area contributed by atoms with Crippen molar-refractivity contribution in [3.8, 4) is 0 Å². The van der Waals surface area contributed by atoms with Gasteiger partial charge in [-0.05, 0) is 73.6 Å². The molecule has 0 aliphatic heterocycles.